The second kappa shape index (κ2) is 5.37. The zero-order valence-electron chi connectivity index (χ0n) is 11.5. The fourth-order valence-corrected chi connectivity index (χ4v) is 2.66. The van der Waals surface area contributed by atoms with Crippen LogP contribution in [-0.2, 0) is 0 Å². The predicted octanol–water partition coefficient (Wildman–Crippen LogP) is 2.62. The first-order chi connectivity index (χ1) is 10.0. The maximum Gasteiger partial charge on any atom is 0.260 e. The molecule has 5 heteroatoms. The number of hydrogen-bond donors (Lipinski definition) is 2. The maximum atomic E-state index is 12.1. The Kier molecular flexibility index (Phi) is 3.55. The molecule has 1 aliphatic carbocycles. The molecule has 108 valence electrons. The zero-order valence-corrected chi connectivity index (χ0v) is 12.3. The van der Waals surface area contributed by atoms with Gasteiger partial charge in [0.15, 0.2) is 0 Å². The van der Waals surface area contributed by atoms with Crippen LogP contribution >= 0.6 is 11.6 Å². The summed E-state index contributed by atoms with van der Waals surface area (Å²) < 4.78 is 0. The van der Waals surface area contributed by atoms with Crippen LogP contribution in [0.4, 0.5) is 0 Å². The Balaban J connectivity index is 1.69. The van der Waals surface area contributed by atoms with Gasteiger partial charge in [-0.3, -0.25) is 9.59 Å². The molecular weight excluding hydrogens is 288 g/mol. The largest absolute Gasteiger partial charge is 0.348 e. The van der Waals surface area contributed by atoms with Crippen molar-refractivity contribution < 1.29 is 4.79 Å². The molecule has 0 radical (unpaired) electrons. The van der Waals surface area contributed by atoms with E-state index in [-0.39, 0.29) is 29.0 Å². The second-order valence-corrected chi connectivity index (χ2v) is 5.80. The highest BCUT2D eigenvalue weighted by Gasteiger charge is 2.39. The predicted molar refractivity (Wildman–Crippen MR) is 81.9 cm³/mol. The normalized spacial score (nSPS) is 20.1. The van der Waals surface area contributed by atoms with E-state index in [9.17, 15) is 9.59 Å². The highest BCUT2D eigenvalue weighted by molar-refractivity contribution is 6.30. The maximum absolute atomic E-state index is 12.1. The zero-order chi connectivity index (χ0) is 15.0. The van der Waals surface area contributed by atoms with Gasteiger partial charge in [-0.25, -0.2) is 0 Å². The molecule has 1 aromatic carbocycles. The van der Waals surface area contributed by atoms with Crippen molar-refractivity contribution in [1.29, 1.82) is 0 Å². The first-order valence-electron chi connectivity index (χ1n) is 6.81. The van der Waals surface area contributed by atoms with Crippen LogP contribution in [0.15, 0.2) is 41.2 Å². The van der Waals surface area contributed by atoms with Gasteiger partial charge in [0, 0.05) is 22.7 Å². The van der Waals surface area contributed by atoms with Crippen molar-refractivity contribution in [2.45, 2.75) is 25.3 Å². The minimum Gasteiger partial charge on any atom is -0.348 e. The summed E-state index contributed by atoms with van der Waals surface area (Å²) in [4.78, 5) is 26.5. The van der Waals surface area contributed by atoms with E-state index in [0.29, 0.717) is 5.02 Å². The van der Waals surface area contributed by atoms with E-state index in [1.54, 1.807) is 19.1 Å². The SMILES string of the molecule is Cc1ccc(C(=O)NC2CC2c2cccc(Cl)c2)c(=O)[nH]1. The number of benzene rings is 1. The van der Waals surface area contributed by atoms with Gasteiger partial charge in [0.1, 0.15) is 5.56 Å². The molecule has 1 fully saturated rings. The minimum absolute atomic E-state index is 0.0664. The van der Waals surface area contributed by atoms with Gasteiger partial charge in [-0.1, -0.05) is 23.7 Å². The highest BCUT2D eigenvalue weighted by Crippen LogP contribution is 2.41. The van der Waals surface area contributed by atoms with E-state index < -0.39 is 0 Å². The number of halogens is 1. The summed E-state index contributed by atoms with van der Waals surface area (Å²) in [5, 5.41) is 3.59. The van der Waals surface area contributed by atoms with Crippen LogP contribution in [0.25, 0.3) is 0 Å². The number of aromatic amines is 1. The molecule has 3 rings (SSSR count). The average molecular weight is 303 g/mol. The molecule has 4 nitrogen and oxygen atoms in total. The molecule has 0 aliphatic heterocycles. The number of rotatable bonds is 3. The van der Waals surface area contributed by atoms with Crippen molar-refractivity contribution in [3.8, 4) is 0 Å². The lowest BCUT2D eigenvalue weighted by molar-refractivity contribution is 0.0949. The smallest absolute Gasteiger partial charge is 0.260 e. The first-order valence-corrected chi connectivity index (χ1v) is 7.18. The first kappa shape index (κ1) is 13.9. The quantitative estimate of drug-likeness (QED) is 0.915. The third-order valence-electron chi connectivity index (χ3n) is 3.68. The molecule has 1 heterocycles. The van der Waals surface area contributed by atoms with E-state index in [0.717, 1.165) is 17.7 Å². The molecule has 1 saturated carbocycles. The number of pyridine rings is 1. The van der Waals surface area contributed by atoms with Crippen molar-refractivity contribution >= 4 is 17.5 Å². The Bertz CT molecular complexity index is 754. The number of carbonyl (C=O) groups excluding carboxylic acids is 1. The molecule has 1 amide bonds. The minimum atomic E-state index is -0.354. The molecule has 2 aromatic rings. The number of aryl methyl sites for hydroxylation is 1. The molecule has 21 heavy (non-hydrogen) atoms. The number of aromatic nitrogens is 1. The Morgan fingerprint density at radius 2 is 2.14 bits per heavy atom. The number of nitrogens with one attached hydrogen (secondary N) is 2. The summed E-state index contributed by atoms with van der Waals surface area (Å²) in [5.41, 5.74) is 1.65. The molecule has 1 aliphatic rings. The van der Waals surface area contributed by atoms with Crippen LogP contribution in [0.2, 0.25) is 5.02 Å². The number of hydrogen-bond acceptors (Lipinski definition) is 2. The summed E-state index contributed by atoms with van der Waals surface area (Å²) in [7, 11) is 0. The molecule has 0 bridgehead atoms. The van der Waals surface area contributed by atoms with Gasteiger partial charge in [-0.2, -0.15) is 0 Å². The molecular formula is C16H15ClN2O2. The Morgan fingerprint density at radius 1 is 1.33 bits per heavy atom. The average Bonchev–Trinajstić information content (AvgIpc) is 3.17. The van der Waals surface area contributed by atoms with Gasteiger partial charge in [0.2, 0.25) is 0 Å². The van der Waals surface area contributed by atoms with Crippen molar-refractivity contribution in [3.63, 3.8) is 0 Å². The molecule has 0 saturated heterocycles. The van der Waals surface area contributed by atoms with E-state index in [1.807, 2.05) is 24.3 Å². The standard InChI is InChI=1S/C16H15ClN2O2/c1-9-5-6-12(15(20)18-9)16(21)19-14-8-13(14)10-3-2-4-11(17)7-10/h2-7,13-14H,8H2,1H3,(H,18,20)(H,19,21). The van der Waals surface area contributed by atoms with Crippen molar-refractivity contribution in [3.05, 3.63) is 68.6 Å². The van der Waals surface area contributed by atoms with Gasteiger partial charge in [0.05, 0.1) is 0 Å². The van der Waals surface area contributed by atoms with Crippen LogP contribution in [0.1, 0.15) is 34.0 Å². The fraction of sp³-hybridized carbons (Fsp3) is 0.250. The van der Waals surface area contributed by atoms with E-state index in [2.05, 4.69) is 10.3 Å². The van der Waals surface area contributed by atoms with Crippen molar-refractivity contribution in [2.75, 3.05) is 0 Å². The van der Waals surface area contributed by atoms with Crippen molar-refractivity contribution in [1.82, 2.24) is 10.3 Å². The number of H-pyrrole nitrogens is 1. The lowest BCUT2D eigenvalue weighted by Gasteiger charge is -2.05. The lowest BCUT2D eigenvalue weighted by Crippen LogP contribution is -2.31. The number of amides is 1. The lowest BCUT2D eigenvalue weighted by atomic mass is 10.1. The van der Waals surface area contributed by atoms with Gasteiger partial charge in [-0.05, 0) is 43.2 Å². The molecule has 1 aromatic heterocycles. The Labute approximate surface area is 127 Å². The molecule has 2 atom stereocenters. The molecule has 2 N–H and O–H groups in total. The third kappa shape index (κ3) is 3.00. The highest BCUT2D eigenvalue weighted by atomic mass is 35.5. The van der Waals surface area contributed by atoms with Crippen LogP contribution in [-0.4, -0.2) is 16.9 Å². The summed E-state index contributed by atoms with van der Waals surface area (Å²) in [6, 6.07) is 11.0. The third-order valence-corrected chi connectivity index (χ3v) is 3.92. The Hall–Kier alpha value is -2.07. The van der Waals surface area contributed by atoms with Gasteiger partial charge >= 0.3 is 0 Å². The number of carbonyl (C=O) groups is 1. The van der Waals surface area contributed by atoms with Gasteiger partial charge < -0.3 is 10.3 Å². The van der Waals surface area contributed by atoms with Crippen LogP contribution in [0.5, 0.6) is 0 Å². The van der Waals surface area contributed by atoms with Gasteiger partial charge in [0.25, 0.3) is 11.5 Å². The van der Waals surface area contributed by atoms with Crippen LogP contribution in [0, 0.1) is 6.92 Å². The molecule has 0 spiro atoms. The van der Waals surface area contributed by atoms with Gasteiger partial charge in [-0.15, -0.1) is 0 Å². The second-order valence-electron chi connectivity index (χ2n) is 5.36. The monoisotopic (exact) mass is 302 g/mol. The summed E-state index contributed by atoms with van der Waals surface area (Å²) in [6.07, 6.45) is 0.871. The van der Waals surface area contributed by atoms with Crippen LogP contribution in [0.3, 0.4) is 0 Å². The Morgan fingerprint density at radius 3 is 2.86 bits per heavy atom. The van der Waals surface area contributed by atoms with E-state index in [1.165, 1.54) is 0 Å². The van der Waals surface area contributed by atoms with Crippen molar-refractivity contribution in [2.24, 2.45) is 0 Å². The van der Waals surface area contributed by atoms with Crippen LogP contribution < -0.4 is 10.9 Å². The topological polar surface area (TPSA) is 62.0 Å². The summed E-state index contributed by atoms with van der Waals surface area (Å²) in [6.45, 7) is 1.78. The summed E-state index contributed by atoms with van der Waals surface area (Å²) in [5.74, 6) is -0.0528. The molecule has 2 unspecified atom stereocenters. The summed E-state index contributed by atoms with van der Waals surface area (Å²) >= 11 is 5.97. The fourth-order valence-electron chi connectivity index (χ4n) is 2.46. The van der Waals surface area contributed by atoms with E-state index in [4.69, 9.17) is 11.6 Å². The van der Waals surface area contributed by atoms with E-state index >= 15 is 0 Å².